The first-order valence-corrected chi connectivity index (χ1v) is 3.14. The Hall–Kier alpha value is -0.790. The van der Waals surface area contributed by atoms with Crippen LogP contribution in [0, 0.1) is 0 Å². The van der Waals surface area contributed by atoms with Gasteiger partial charge in [0.1, 0.15) is 0 Å². The third kappa shape index (κ3) is 7.21. The van der Waals surface area contributed by atoms with E-state index in [1.54, 1.807) is 13.0 Å². The topological polar surface area (TPSA) is 26.3 Å². The van der Waals surface area contributed by atoms with Crippen LogP contribution in [0.4, 0.5) is 0 Å². The van der Waals surface area contributed by atoms with Crippen LogP contribution in [0.2, 0.25) is 0 Å². The van der Waals surface area contributed by atoms with Crippen LogP contribution in [0.1, 0.15) is 27.7 Å². The molecule has 0 rings (SSSR count). The summed E-state index contributed by atoms with van der Waals surface area (Å²) < 4.78 is 4.62. The molecule has 0 saturated heterocycles. The number of allylic oxidation sites excluding steroid dienone is 1. The highest BCUT2D eigenvalue weighted by Crippen LogP contribution is 1.83. The Bertz CT molecular complexity index is 106. The van der Waals surface area contributed by atoms with Crippen molar-refractivity contribution >= 4 is 5.97 Å². The van der Waals surface area contributed by atoms with Crippen LogP contribution in [0.15, 0.2) is 12.2 Å². The lowest BCUT2D eigenvalue weighted by molar-refractivity contribution is -0.137. The van der Waals surface area contributed by atoms with E-state index in [4.69, 9.17) is 0 Å². The number of esters is 1. The molecule has 0 saturated carbocycles. The molecule has 0 aliphatic heterocycles. The van der Waals surface area contributed by atoms with Crippen LogP contribution in [0.5, 0.6) is 0 Å². The van der Waals surface area contributed by atoms with Crippen molar-refractivity contribution < 1.29 is 9.53 Å². The summed E-state index contributed by atoms with van der Waals surface area (Å²) >= 11 is 0. The Balaban J connectivity index is 0. The van der Waals surface area contributed by atoms with E-state index in [1.165, 1.54) is 6.08 Å². The van der Waals surface area contributed by atoms with Crippen LogP contribution in [-0.2, 0) is 9.53 Å². The Kier molecular flexibility index (Phi) is 9.80. The fourth-order valence-electron chi connectivity index (χ4n) is 0.404. The van der Waals surface area contributed by atoms with Gasteiger partial charge in [0.15, 0.2) is 0 Å². The van der Waals surface area contributed by atoms with Crippen molar-refractivity contribution in [2.24, 2.45) is 0 Å². The lowest BCUT2D eigenvalue weighted by Gasteiger charge is -1.92. The molecule has 60 valence electrons. The third-order valence-corrected chi connectivity index (χ3v) is 0.776. The summed E-state index contributed by atoms with van der Waals surface area (Å²) in [5, 5.41) is 0. The van der Waals surface area contributed by atoms with Gasteiger partial charge in [-0.25, -0.2) is 4.79 Å². The summed E-state index contributed by atoms with van der Waals surface area (Å²) in [7, 11) is 0. The van der Waals surface area contributed by atoms with Gasteiger partial charge >= 0.3 is 5.97 Å². The quantitative estimate of drug-likeness (QED) is 0.448. The summed E-state index contributed by atoms with van der Waals surface area (Å²) in [4.78, 5) is 10.5. The Labute approximate surface area is 62.9 Å². The molecule has 0 aromatic heterocycles. The minimum absolute atomic E-state index is 0. The van der Waals surface area contributed by atoms with Crippen molar-refractivity contribution in [3.63, 3.8) is 0 Å². The van der Waals surface area contributed by atoms with E-state index in [-0.39, 0.29) is 13.4 Å². The minimum Gasteiger partial charge on any atom is -0.463 e. The molecular formula is C8H16O2. The van der Waals surface area contributed by atoms with Crippen LogP contribution in [0.25, 0.3) is 0 Å². The monoisotopic (exact) mass is 144 g/mol. The molecule has 2 nitrogen and oxygen atoms in total. The van der Waals surface area contributed by atoms with Crippen LogP contribution >= 0.6 is 0 Å². The summed E-state index contributed by atoms with van der Waals surface area (Å²) in [6.45, 7) is 4.21. The number of rotatable bonds is 3. The highest BCUT2D eigenvalue weighted by molar-refractivity contribution is 5.81. The first-order valence-electron chi connectivity index (χ1n) is 3.14. The molecule has 0 fully saturated rings. The fraction of sp³-hybridized carbons (Fsp3) is 0.625. The highest BCUT2D eigenvalue weighted by atomic mass is 16.5. The van der Waals surface area contributed by atoms with Crippen LogP contribution < -0.4 is 0 Å². The third-order valence-electron chi connectivity index (χ3n) is 0.776. The SMILES string of the molecule is C.CCC=CC(=O)OCC. The maximum Gasteiger partial charge on any atom is 0.330 e. The smallest absolute Gasteiger partial charge is 0.330 e. The molecule has 0 heterocycles. The van der Waals surface area contributed by atoms with Crippen molar-refractivity contribution in [3.8, 4) is 0 Å². The zero-order valence-electron chi connectivity index (χ0n) is 5.89. The predicted molar refractivity (Wildman–Crippen MR) is 42.8 cm³/mol. The molecule has 0 bridgehead atoms. The number of hydrogen-bond acceptors (Lipinski definition) is 2. The van der Waals surface area contributed by atoms with Crippen molar-refractivity contribution in [1.29, 1.82) is 0 Å². The van der Waals surface area contributed by atoms with E-state index in [9.17, 15) is 4.79 Å². The van der Waals surface area contributed by atoms with Gasteiger partial charge < -0.3 is 4.74 Å². The first-order chi connectivity index (χ1) is 4.31. The number of hydrogen-bond donors (Lipinski definition) is 0. The zero-order chi connectivity index (χ0) is 7.11. The Morgan fingerprint density at radius 3 is 2.50 bits per heavy atom. The second-order valence-electron chi connectivity index (χ2n) is 1.56. The van der Waals surface area contributed by atoms with Gasteiger partial charge in [-0.1, -0.05) is 20.4 Å². The van der Waals surface area contributed by atoms with E-state index in [1.807, 2.05) is 6.92 Å². The van der Waals surface area contributed by atoms with Crippen molar-refractivity contribution in [3.05, 3.63) is 12.2 Å². The molecule has 0 spiro atoms. The number of carbonyl (C=O) groups excluding carboxylic acids is 1. The van der Waals surface area contributed by atoms with Gasteiger partial charge in [-0.15, -0.1) is 0 Å². The summed E-state index contributed by atoms with van der Waals surface area (Å²) in [6, 6.07) is 0. The molecule has 0 aliphatic rings. The summed E-state index contributed by atoms with van der Waals surface area (Å²) in [5.74, 6) is -0.251. The summed E-state index contributed by atoms with van der Waals surface area (Å²) in [5.41, 5.74) is 0. The van der Waals surface area contributed by atoms with Crippen molar-refractivity contribution in [2.45, 2.75) is 27.7 Å². The van der Waals surface area contributed by atoms with Gasteiger partial charge in [0.25, 0.3) is 0 Å². The van der Waals surface area contributed by atoms with Crippen molar-refractivity contribution in [2.75, 3.05) is 6.61 Å². The minimum atomic E-state index is -0.251. The molecule has 0 radical (unpaired) electrons. The molecular weight excluding hydrogens is 128 g/mol. The normalized spacial score (nSPS) is 9.00. The van der Waals surface area contributed by atoms with Gasteiger partial charge in [-0.3, -0.25) is 0 Å². The second kappa shape index (κ2) is 8.21. The number of carbonyl (C=O) groups is 1. The lowest BCUT2D eigenvalue weighted by atomic mass is 10.4. The molecule has 0 unspecified atom stereocenters. The standard InChI is InChI=1S/C7H12O2.CH4/c1-3-5-6-7(8)9-4-2;/h5-6H,3-4H2,1-2H3;1H4. The van der Waals surface area contributed by atoms with Gasteiger partial charge in [0.2, 0.25) is 0 Å². The Morgan fingerprint density at radius 2 is 2.10 bits per heavy atom. The predicted octanol–water partition coefficient (Wildman–Crippen LogP) is 2.15. The van der Waals surface area contributed by atoms with Gasteiger partial charge in [0.05, 0.1) is 6.61 Å². The Morgan fingerprint density at radius 1 is 1.50 bits per heavy atom. The molecule has 2 heteroatoms. The van der Waals surface area contributed by atoms with E-state index in [0.717, 1.165) is 6.42 Å². The van der Waals surface area contributed by atoms with Gasteiger partial charge in [0, 0.05) is 6.08 Å². The molecule has 0 amide bonds. The molecule has 10 heavy (non-hydrogen) atoms. The zero-order valence-corrected chi connectivity index (χ0v) is 5.89. The average molecular weight is 144 g/mol. The summed E-state index contributed by atoms with van der Waals surface area (Å²) in [6.07, 6.45) is 4.10. The van der Waals surface area contributed by atoms with E-state index >= 15 is 0 Å². The fourth-order valence-corrected chi connectivity index (χ4v) is 0.404. The van der Waals surface area contributed by atoms with Gasteiger partial charge in [-0.2, -0.15) is 0 Å². The van der Waals surface area contributed by atoms with Crippen LogP contribution in [0.3, 0.4) is 0 Å². The molecule has 0 aromatic carbocycles. The largest absolute Gasteiger partial charge is 0.463 e. The maximum atomic E-state index is 10.5. The maximum absolute atomic E-state index is 10.5. The van der Waals surface area contributed by atoms with E-state index in [0.29, 0.717) is 6.61 Å². The molecule has 0 aliphatic carbocycles. The van der Waals surface area contributed by atoms with E-state index < -0.39 is 0 Å². The molecule has 0 atom stereocenters. The van der Waals surface area contributed by atoms with Crippen molar-refractivity contribution in [1.82, 2.24) is 0 Å². The van der Waals surface area contributed by atoms with E-state index in [2.05, 4.69) is 4.74 Å². The average Bonchev–Trinajstić information content (AvgIpc) is 1.85. The highest BCUT2D eigenvalue weighted by Gasteiger charge is 1.89. The van der Waals surface area contributed by atoms with Crippen LogP contribution in [-0.4, -0.2) is 12.6 Å². The molecule has 0 aromatic rings. The number of ether oxygens (including phenoxy) is 1. The van der Waals surface area contributed by atoms with Gasteiger partial charge in [-0.05, 0) is 13.3 Å². The lowest BCUT2D eigenvalue weighted by Crippen LogP contribution is -1.98. The second-order valence-corrected chi connectivity index (χ2v) is 1.56. The first kappa shape index (κ1) is 11.9. The molecule has 0 N–H and O–H groups in total.